The lowest BCUT2D eigenvalue weighted by Crippen LogP contribution is -2.14. The van der Waals surface area contributed by atoms with Crippen molar-refractivity contribution in [1.82, 2.24) is 0 Å². The van der Waals surface area contributed by atoms with Gasteiger partial charge in [-0.2, -0.15) is 31.6 Å². The number of nitrogens with zero attached hydrogens (tertiary/aromatic N) is 1. The summed E-state index contributed by atoms with van der Waals surface area (Å²) in [7, 11) is -4.54. The van der Waals surface area contributed by atoms with Gasteiger partial charge in [-0.15, -0.1) is 0 Å². The number of carbonyl (C=O) groups excluding carboxylic acids is 1. The number of anilines is 1. The summed E-state index contributed by atoms with van der Waals surface area (Å²) in [6.45, 7) is 0. The molecule has 0 aliphatic carbocycles. The molecular weight excluding hydrogens is 486 g/mol. The molecule has 1 N–H and O–H groups in total. The summed E-state index contributed by atoms with van der Waals surface area (Å²) in [4.78, 5) is 11.0. The molecule has 0 radical (unpaired) electrons. The Kier molecular flexibility index (Phi) is 6.44. The minimum atomic E-state index is -4.79. The number of nitriles is 1. The van der Waals surface area contributed by atoms with Gasteiger partial charge in [0.05, 0.1) is 26.5 Å². The van der Waals surface area contributed by atoms with Crippen LogP contribution in [0.2, 0.25) is 0 Å². The minimum absolute atomic E-state index is 0.109. The van der Waals surface area contributed by atoms with Crippen molar-refractivity contribution in [2.75, 3.05) is 5.32 Å². The number of hydrogen-bond acceptors (Lipinski definition) is 4. The van der Waals surface area contributed by atoms with Gasteiger partial charge in [-0.25, -0.2) is 8.42 Å². The predicted molar refractivity (Wildman–Crippen MR) is 107 cm³/mol. The van der Waals surface area contributed by atoms with E-state index in [1.807, 2.05) is 0 Å². The molecule has 0 atom stereocenters. The third kappa shape index (κ3) is 5.20. The summed E-state index contributed by atoms with van der Waals surface area (Å²) < 4.78 is 103. The average Bonchev–Trinajstić information content (AvgIpc) is 2.78. The van der Waals surface area contributed by atoms with E-state index in [9.17, 15) is 44.8 Å². The first-order valence-corrected chi connectivity index (χ1v) is 10.7. The average molecular weight is 498 g/mol. The van der Waals surface area contributed by atoms with Gasteiger partial charge in [0.25, 0.3) is 5.91 Å². The summed E-state index contributed by atoms with van der Waals surface area (Å²) in [5.41, 5.74) is -3.19. The SMILES string of the molecule is N#Cc1cc(NC(=O)c2cccc(C(F)(F)F)c2)ccc1S(=O)(=O)c1cccc(C(F)(F)F)c1. The van der Waals surface area contributed by atoms with Crippen molar-refractivity contribution in [3.8, 4) is 6.07 Å². The number of amides is 1. The number of sulfone groups is 1. The van der Waals surface area contributed by atoms with Crippen LogP contribution in [0.1, 0.15) is 27.0 Å². The number of hydrogen-bond donors (Lipinski definition) is 1. The molecule has 0 heterocycles. The molecule has 34 heavy (non-hydrogen) atoms. The maximum Gasteiger partial charge on any atom is 0.416 e. The van der Waals surface area contributed by atoms with Gasteiger partial charge in [-0.3, -0.25) is 4.79 Å². The molecule has 0 unspecified atom stereocenters. The van der Waals surface area contributed by atoms with Crippen LogP contribution in [0, 0.1) is 11.3 Å². The van der Waals surface area contributed by atoms with E-state index in [2.05, 4.69) is 5.32 Å². The lowest BCUT2D eigenvalue weighted by Gasteiger charge is -2.12. The lowest BCUT2D eigenvalue weighted by atomic mass is 10.1. The highest BCUT2D eigenvalue weighted by atomic mass is 32.2. The highest BCUT2D eigenvalue weighted by Crippen LogP contribution is 2.33. The Morgan fingerprint density at radius 2 is 1.41 bits per heavy atom. The summed E-state index contributed by atoms with van der Waals surface area (Å²) in [6.07, 6.45) is -9.47. The van der Waals surface area contributed by atoms with Crippen molar-refractivity contribution < 1.29 is 39.6 Å². The molecule has 0 saturated heterocycles. The number of carbonyl (C=O) groups is 1. The van der Waals surface area contributed by atoms with E-state index in [1.165, 1.54) is 0 Å². The Morgan fingerprint density at radius 1 is 0.824 bits per heavy atom. The van der Waals surface area contributed by atoms with Gasteiger partial charge in [0.1, 0.15) is 6.07 Å². The molecule has 0 spiro atoms. The molecule has 0 bridgehead atoms. The van der Waals surface area contributed by atoms with Crippen LogP contribution < -0.4 is 5.32 Å². The van der Waals surface area contributed by atoms with E-state index in [4.69, 9.17) is 0 Å². The Labute approximate surface area is 189 Å². The zero-order chi connectivity index (χ0) is 25.3. The first kappa shape index (κ1) is 24.8. The molecule has 3 rings (SSSR count). The maximum absolute atomic E-state index is 13.0. The van der Waals surface area contributed by atoms with Crippen molar-refractivity contribution in [3.63, 3.8) is 0 Å². The van der Waals surface area contributed by atoms with Crippen molar-refractivity contribution in [3.05, 3.63) is 89.0 Å². The van der Waals surface area contributed by atoms with Crippen molar-refractivity contribution in [2.24, 2.45) is 0 Å². The second-order valence-electron chi connectivity index (χ2n) is 6.88. The second kappa shape index (κ2) is 8.83. The van der Waals surface area contributed by atoms with E-state index in [1.54, 1.807) is 6.07 Å². The molecular formula is C22H12F6N2O3S. The molecule has 3 aromatic rings. The summed E-state index contributed by atoms with van der Waals surface area (Å²) in [5.74, 6) is -0.955. The minimum Gasteiger partial charge on any atom is -0.322 e. The smallest absolute Gasteiger partial charge is 0.322 e. The largest absolute Gasteiger partial charge is 0.416 e. The van der Waals surface area contributed by atoms with Crippen molar-refractivity contribution in [1.29, 1.82) is 5.26 Å². The fourth-order valence-electron chi connectivity index (χ4n) is 2.94. The molecule has 5 nitrogen and oxygen atoms in total. The van der Waals surface area contributed by atoms with Gasteiger partial charge >= 0.3 is 12.4 Å². The van der Waals surface area contributed by atoms with Gasteiger partial charge in [0.15, 0.2) is 0 Å². The highest BCUT2D eigenvalue weighted by molar-refractivity contribution is 7.91. The first-order chi connectivity index (χ1) is 15.7. The normalized spacial score (nSPS) is 12.1. The fraction of sp³-hybridized carbons (Fsp3) is 0.0909. The van der Waals surface area contributed by atoms with Gasteiger partial charge < -0.3 is 5.32 Å². The molecule has 1 amide bonds. The molecule has 0 saturated carbocycles. The highest BCUT2D eigenvalue weighted by Gasteiger charge is 2.33. The molecule has 3 aromatic carbocycles. The maximum atomic E-state index is 13.0. The van der Waals surface area contributed by atoms with E-state index < -0.39 is 54.6 Å². The van der Waals surface area contributed by atoms with Crippen LogP contribution in [-0.2, 0) is 22.2 Å². The molecule has 12 heteroatoms. The van der Waals surface area contributed by atoms with Crippen molar-refractivity contribution >= 4 is 21.4 Å². The second-order valence-corrected chi connectivity index (χ2v) is 8.80. The van der Waals surface area contributed by atoms with Crippen LogP contribution in [-0.4, -0.2) is 14.3 Å². The van der Waals surface area contributed by atoms with Gasteiger partial charge in [-0.05, 0) is 54.6 Å². The Hall–Kier alpha value is -3.85. The Balaban J connectivity index is 1.94. The number of benzene rings is 3. The number of nitrogens with one attached hydrogen (secondary N) is 1. The monoisotopic (exact) mass is 498 g/mol. The number of halogens is 6. The number of rotatable bonds is 4. The molecule has 0 aromatic heterocycles. The molecule has 0 aliphatic heterocycles. The third-order valence-electron chi connectivity index (χ3n) is 4.57. The van der Waals surface area contributed by atoms with Crippen LogP contribution >= 0.6 is 0 Å². The van der Waals surface area contributed by atoms with E-state index >= 15 is 0 Å². The van der Waals surface area contributed by atoms with E-state index in [-0.39, 0.29) is 11.3 Å². The molecule has 0 fully saturated rings. The number of alkyl halides is 6. The van der Waals surface area contributed by atoms with Crippen LogP contribution in [0.15, 0.2) is 76.5 Å². The third-order valence-corrected chi connectivity index (χ3v) is 6.38. The fourth-order valence-corrected chi connectivity index (χ4v) is 4.37. The van der Waals surface area contributed by atoms with Crippen LogP contribution in [0.3, 0.4) is 0 Å². The summed E-state index contributed by atoms with van der Waals surface area (Å²) in [5, 5.41) is 11.6. The van der Waals surface area contributed by atoms with E-state index in [0.717, 1.165) is 48.5 Å². The lowest BCUT2D eigenvalue weighted by molar-refractivity contribution is -0.138. The van der Waals surface area contributed by atoms with Gasteiger partial charge in [-0.1, -0.05) is 12.1 Å². The summed E-state index contributed by atoms with van der Waals surface area (Å²) >= 11 is 0. The standard InChI is InChI=1S/C22H12F6N2O3S/c23-21(24,25)15-4-1-3-13(9-15)20(31)30-17-7-8-19(14(10-17)12-29)34(32,33)18-6-2-5-16(11-18)22(26,27)28/h1-11H,(H,30,31). The zero-order valence-corrected chi connectivity index (χ0v) is 17.5. The summed E-state index contributed by atoms with van der Waals surface area (Å²) in [6, 6.07) is 11.0. The van der Waals surface area contributed by atoms with E-state index in [0.29, 0.717) is 18.2 Å². The zero-order valence-electron chi connectivity index (χ0n) is 16.7. The quantitative estimate of drug-likeness (QED) is 0.469. The Morgan fingerprint density at radius 3 is 2.00 bits per heavy atom. The predicted octanol–water partition coefficient (Wildman–Crippen LogP) is 5.68. The van der Waals surface area contributed by atoms with Crippen LogP contribution in [0.25, 0.3) is 0 Å². The Bertz CT molecular complexity index is 1410. The van der Waals surface area contributed by atoms with Gasteiger partial charge in [0, 0.05) is 11.3 Å². The molecule has 0 aliphatic rings. The van der Waals surface area contributed by atoms with Crippen molar-refractivity contribution in [2.45, 2.75) is 22.1 Å². The van der Waals surface area contributed by atoms with Crippen LogP contribution in [0.5, 0.6) is 0 Å². The molecule has 176 valence electrons. The topological polar surface area (TPSA) is 87.0 Å². The van der Waals surface area contributed by atoms with Crippen LogP contribution in [0.4, 0.5) is 32.0 Å². The van der Waals surface area contributed by atoms with Gasteiger partial charge in [0.2, 0.25) is 9.84 Å². The first-order valence-electron chi connectivity index (χ1n) is 9.18.